The molecule has 2 heterocycles. The molecule has 2 aromatic rings. The molecule has 1 saturated heterocycles. The van der Waals surface area contributed by atoms with Gasteiger partial charge in [-0.15, -0.1) is 0 Å². The van der Waals surface area contributed by atoms with Crippen molar-refractivity contribution in [1.29, 1.82) is 5.26 Å². The van der Waals surface area contributed by atoms with Crippen LogP contribution in [0, 0.1) is 11.3 Å². The van der Waals surface area contributed by atoms with Crippen molar-refractivity contribution in [3.05, 3.63) is 70.4 Å². The maximum absolute atomic E-state index is 13.6. The Labute approximate surface area is 186 Å². The van der Waals surface area contributed by atoms with Crippen LogP contribution in [0.1, 0.15) is 24.0 Å². The molecule has 0 aliphatic carbocycles. The average Bonchev–Trinajstić information content (AvgIpc) is 3.04. The van der Waals surface area contributed by atoms with E-state index in [4.69, 9.17) is 16.9 Å². The van der Waals surface area contributed by atoms with Crippen LogP contribution in [0.25, 0.3) is 5.57 Å². The molecule has 1 fully saturated rings. The number of nitrogens with zero attached hydrogens (tertiary/aromatic N) is 4. The second-order valence-corrected chi connectivity index (χ2v) is 8.42. The molecule has 31 heavy (non-hydrogen) atoms. The van der Waals surface area contributed by atoms with Gasteiger partial charge in [-0.1, -0.05) is 23.7 Å². The lowest BCUT2D eigenvalue weighted by Gasteiger charge is -2.36. The van der Waals surface area contributed by atoms with Gasteiger partial charge in [0.05, 0.1) is 22.9 Å². The molecule has 0 aromatic heterocycles. The van der Waals surface area contributed by atoms with Gasteiger partial charge in [-0.2, -0.15) is 5.26 Å². The number of rotatable bonds is 4. The fourth-order valence-corrected chi connectivity index (χ4v) is 4.33. The molecule has 158 valence electrons. The highest BCUT2D eigenvalue weighted by atomic mass is 35.5. The first-order chi connectivity index (χ1) is 14.9. The van der Waals surface area contributed by atoms with Gasteiger partial charge in [0.1, 0.15) is 5.70 Å². The van der Waals surface area contributed by atoms with E-state index in [1.54, 1.807) is 48.5 Å². The lowest BCUT2D eigenvalue weighted by atomic mass is 10.0. The summed E-state index contributed by atoms with van der Waals surface area (Å²) in [4.78, 5) is 32.5. The van der Waals surface area contributed by atoms with Crippen molar-refractivity contribution < 1.29 is 9.59 Å². The van der Waals surface area contributed by atoms with Crippen LogP contribution in [0.2, 0.25) is 5.02 Å². The first-order valence-corrected chi connectivity index (χ1v) is 10.6. The molecule has 0 saturated carbocycles. The summed E-state index contributed by atoms with van der Waals surface area (Å²) in [6.45, 7) is 1.89. The monoisotopic (exact) mass is 434 g/mol. The zero-order valence-corrected chi connectivity index (χ0v) is 18.3. The van der Waals surface area contributed by atoms with Gasteiger partial charge in [-0.25, -0.2) is 4.90 Å². The Balaban J connectivity index is 1.77. The Morgan fingerprint density at radius 2 is 1.61 bits per heavy atom. The van der Waals surface area contributed by atoms with Crippen LogP contribution in [-0.4, -0.2) is 54.8 Å². The fourth-order valence-electron chi connectivity index (χ4n) is 4.21. The van der Waals surface area contributed by atoms with Gasteiger partial charge in [0.25, 0.3) is 11.8 Å². The van der Waals surface area contributed by atoms with Gasteiger partial charge in [-0.3, -0.25) is 9.59 Å². The number of nitriles is 1. The Bertz CT molecular complexity index is 1080. The standard InChI is InChI=1S/C24H23ClN4O2/c1-27-13-11-19(12-14-27)28(2)22-21(17-5-7-18(25)8-6-17)23(30)29(24(22)31)20-9-3-16(15-26)4-10-20/h3-10,19H,11-14H2,1-2H3. The number of amides is 2. The summed E-state index contributed by atoms with van der Waals surface area (Å²) in [7, 11) is 3.99. The van der Waals surface area contributed by atoms with Crippen molar-refractivity contribution in [2.45, 2.75) is 18.9 Å². The third-order valence-corrected chi connectivity index (χ3v) is 6.29. The summed E-state index contributed by atoms with van der Waals surface area (Å²) in [6, 6.07) is 15.7. The highest BCUT2D eigenvalue weighted by Crippen LogP contribution is 2.36. The number of benzene rings is 2. The topological polar surface area (TPSA) is 67.7 Å². The van der Waals surface area contributed by atoms with Gasteiger partial charge in [0, 0.05) is 18.1 Å². The van der Waals surface area contributed by atoms with Crippen molar-refractivity contribution in [3.8, 4) is 6.07 Å². The highest BCUT2D eigenvalue weighted by molar-refractivity contribution is 6.45. The van der Waals surface area contributed by atoms with Crippen molar-refractivity contribution in [2.24, 2.45) is 0 Å². The quantitative estimate of drug-likeness (QED) is 0.689. The van der Waals surface area contributed by atoms with Crippen molar-refractivity contribution >= 4 is 34.7 Å². The Morgan fingerprint density at radius 1 is 1.00 bits per heavy atom. The summed E-state index contributed by atoms with van der Waals surface area (Å²) in [5.74, 6) is -0.715. The normalized spacial score (nSPS) is 17.9. The fraction of sp³-hybridized carbons (Fsp3) is 0.292. The van der Waals surface area contributed by atoms with E-state index >= 15 is 0 Å². The van der Waals surface area contributed by atoms with Gasteiger partial charge in [-0.05, 0) is 74.9 Å². The number of likely N-dealkylation sites (N-methyl/N-ethyl adjacent to an activating group) is 1. The molecule has 6 nitrogen and oxygen atoms in total. The molecule has 2 aromatic carbocycles. The summed E-state index contributed by atoms with van der Waals surface area (Å²) in [5.41, 5.74) is 2.37. The summed E-state index contributed by atoms with van der Waals surface area (Å²) in [5, 5.41) is 9.63. The number of hydrogen-bond donors (Lipinski definition) is 0. The van der Waals surface area contributed by atoms with Crippen LogP contribution < -0.4 is 4.90 Å². The van der Waals surface area contributed by atoms with E-state index in [-0.39, 0.29) is 17.9 Å². The molecule has 0 spiro atoms. The minimum Gasteiger partial charge on any atom is -0.366 e. The van der Waals surface area contributed by atoms with Crippen LogP contribution >= 0.6 is 11.6 Å². The van der Waals surface area contributed by atoms with Crippen molar-refractivity contribution in [1.82, 2.24) is 9.80 Å². The maximum Gasteiger partial charge on any atom is 0.282 e. The number of imide groups is 1. The lowest BCUT2D eigenvalue weighted by molar-refractivity contribution is -0.120. The SMILES string of the molecule is CN1CCC(N(C)C2=C(c3ccc(Cl)cc3)C(=O)N(c3ccc(C#N)cc3)C2=O)CC1. The molecular formula is C24H23ClN4O2. The zero-order valence-electron chi connectivity index (χ0n) is 17.5. The first kappa shape index (κ1) is 21.1. The third kappa shape index (κ3) is 3.95. The molecule has 7 heteroatoms. The number of hydrogen-bond acceptors (Lipinski definition) is 5. The first-order valence-electron chi connectivity index (χ1n) is 10.2. The van der Waals surface area contributed by atoms with Crippen molar-refractivity contribution in [3.63, 3.8) is 0 Å². The Kier molecular flexibility index (Phi) is 5.81. The molecular weight excluding hydrogens is 412 g/mol. The largest absolute Gasteiger partial charge is 0.366 e. The minimum absolute atomic E-state index is 0.172. The molecule has 0 radical (unpaired) electrons. The van der Waals surface area contributed by atoms with E-state index < -0.39 is 0 Å². The molecule has 2 aliphatic heterocycles. The van der Waals surface area contributed by atoms with Crippen LogP contribution in [-0.2, 0) is 9.59 Å². The van der Waals surface area contributed by atoms with E-state index in [0.717, 1.165) is 25.9 Å². The van der Waals surface area contributed by atoms with E-state index in [2.05, 4.69) is 18.0 Å². The highest BCUT2D eigenvalue weighted by Gasteiger charge is 2.43. The Morgan fingerprint density at radius 3 is 2.19 bits per heavy atom. The van der Waals surface area contributed by atoms with Gasteiger partial charge in [0.2, 0.25) is 0 Å². The molecule has 0 atom stereocenters. The molecule has 0 N–H and O–H groups in total. The number of anilines is 1. The predicted octanol–water partition coefficient (Wildman–Crippen LogP) is 3.52. The maximum atomic E-state index is 13.6. The number of piperidine rings is 1. The Hall–Kier alpha value is -3.14. The van der Waals surface area contributed by atoms with E-state index in [1.807, 2.05) is 11.9 Å². The van der Waals surface area contributed by atoms with Crippen LogP contribution in [0.5, 0.6) is 0 Å². The second-order valence-electron chi connectivity index (χ2n) is 7.98. The van der Waals surface area contributed by atoms with E-state index in [0.29, 0.717) is 33.1 Å². The minimum atomic E-state index is -0.369. The second kappa shape index (κ2) is 8.54. The number of halogens is 1. The van der Waals surface area contributed by atoms with E-state index in [9.17, 15) is 9.59 Å². The summed E-state index contributed by atoms with van der Waals surface area (Å²) < 4.78 is 0. The number of carbonyl (C=O) groups excluding carboxylic acids is 2. The van der Waals surface area contributed by atoms with Gasteiger partial charge >= 0.3 is 0 Å². The average molecular weight is 435 g/mol. The summed E-state index contributed by atoms with van der Waals surface area (Å²) >= 11 is 6.05. The lowest BCUT2D eigenvalue weighted by Crippen LogP contribution is -2.43. The van der Waals surface area contributed by atoms with Crippen LogP contribution in [0.4, 0.5) is 5.69 Å². The predicted molar refractivity (Wildman–Crippen MR) is 120 cm³/mol. The third-order valence-electron chi connectivity index (χ3n) is 6.04. The van der Waals surface area contributed by atoms with Crippen LogP contribution in [0.15, 0.2) is 54.2 Å². The number of likely N-dealkylation sites (tertiary alicyclic amines) is 1. The molecule has 0 bridgehead atoms. The molecule has 2 aliphatic rings. The van der Waals surface area contributed by atoms with Gasteiger partial charge in [0.15, 0.2) is 0 Å². The van der Waals surface area contributed by atoms with Gasteiger partial charge < -0.3 is 9.80 Å². The van der Waals surface area contributed by atoms with Crippen molar-refractivity contribution in [2.75, 3.05) is 32.1 Å². The smallest absolute Gasteiger partial charge is 0.282 e. The summed E-state index contributed by atoms with van der Waals surface area (Å²) in [6.07, 6.45) is 1.84. The molecule has 4 rings (SSSR count). The zero-order chi connectivity index (χ0) is 22.1. The van der Waals surface area contributed by atoms with E-state index in [1.165, 1.54) is 4.90 Å². The molecule has 0 unspecified atom stereocenters. The number of carbonyl (C=O) groups is 2. The van der Waals surface area contributed by atoms with Crippen LogP contribution in [0.3, 0.4) is 0 Å². The molecule has 2 amide bonds.